The molecule has 0 aromatic heterocycles. The van der Waals surface area contributed by atoms with Gasteiger partial charge in [-0.15, -0.1) is 13.2 Å². The highest BCUT2D eigenvalue weighted by Gasteiger charge is 2.03. The minimum Gasteiger partial charge on any atom is -0.303 e. The minimum atomic E-state index is 0.221. The van der Waals surface area contributed by atoms with Crippen LogP contribution in [0.5, 0.6) is 0 Å². The topological polar surface area (TPSA) is 12.0 Å². The summed E-state index contributed by atoms with van der Waals surface area (Å²) in [5.74, 6) is 0. The van der Waals surface area contributed by atoms with Crippen molar-refractivity contribution in [2.24, 2.45) is 0 Å². The zero-order chi connectivity index (χ0) is 9.52. The Kier molecular flexibility index (Phi) is 4.00. The Morgan fingerprint density at radius 3 is 2.46 bits per heavy atom. The van der Waals surface area contributed by atoms with Gasteiger partial charge in [0, 0.05) is 6.54 Å². The molecule has 0 aliphatic heterocycles. The van der Waals surface area contributed by atoms with Crippen LogP contribution in [0.1, 0.15) is 11.6 Å². The van der Waals surface area contributed by atoms with E-state index < -0.39 is 0 Å². The molecule has 1 heteroatoms. The van der Waals surface area contributed by atoms with E-state index in [1.807, 2.05) is 30.4 Å². The summed E-state index contributed by atoms with van der Waals surface area (Å²) in [6, 6.07) is 10.5. The third kappa shape index (κ3) is 2.88. The third-order valence-electron chi connectivity index (χ3n) is 1.88. The average molecular weight is 173 g/mol. The largest absolute Gasteiger partial charge is 0.303 e. The smallest absolute Gasteiger partial charge is 0.0506 e. The summed E-state index contributed by atoms with van der Waals surface area (Å²) in [5, 5.41) is 3.30. The van der Waals surface area contributed by atoms with Crippen LogP contribution in [0.4, 0.5) is 0 Å². The first-order chi connectivity index (χ1) is 6.38. The van der Waals surface area contributed by atoms with E-state index >= 15 is 0 Å². The van der Waals surface area contributed by atoms with Gasteiger partial charge in [0.25, 0.3) is 0 Å². The second kappa shape index (κ2) is 5.33. The molecule has 1 aromatic carbocycles. The molecule has 0 fully saturated rings. The molecule has 0 spiro atoms. The Labute approximate surface area is 79.8 Å². The Bertz CT molecular complexity index is 264. The lowest BCUT2D eigenvalue weighted by Crippen LogP contribution is -2.18. The van der Waals surface area contributed by atoms with Gasteiger partial charge in [-0.25, -0.2) is 0 Å². The maximum atomic E-state index is 3.79. The van der Waals surface area contributed by atoms with Crippen LogP contribution in [0.25, 0.3) is 0 Å². The summed E-state index contributed by atoms with van der Waals surface area (Å²) in [6.07, 6.45) is 3.75. The van der Waals surface area contributed by atoms with Gasteiger partial charge in [-0.05, 0) is 5.56 Å². The number of hydrogen-bond donors (Lipinski definition) is 1. The molecule has 1 aromatic rings. The Hall–Kier alpha value is -1.34. The van der Waals surface area contributed by atoms with Crippen molar-refractivity contribution in [3.63, 3.8) is 0 Å². The molecule has 0 radical (unpaired) electrons. The molecule has 0 bridgehead atoms. The summed E-state index contributed by atoms with van der Waals surface area (Å²) in [5.41, 5.74) is 1.24. The van der Waals surface area contributed by atoms with Gasteiger partial charge in [0.05, 0.1) is 6.04 Å². The zero-order valence-electron chi connectivity index (χ0n) is 7.74. The second-order valence-electron chi connectivity index (χ2n) is 2.82. The van der Waals surface area contributed by atoms with E-state index in [0.29, 0.717) is 0 Å². The molecule has 0 aliphatic rings. The van der Waals surface area contributed by atoms with Crippen molar-refractivity contribution in [1.82, 2.24) is 5.32 Å². The van der Waals surface area contributed by atoms with Crippen LogP contribution in [0, 0.1) is 0 Å². The number of benzene rings is 1. The highest BCUT2D eigenvalue weighted by Crippen LogP contribution is 2.12. The van der Waals surface area contributed by atoms with Gasteiger partial charge in [-0.1, -0.05) is 42.5 Å². The Morgan fingerprint density at radius 2 is 1.92 bits per heavy atom. The fraction of sp³-hybridized carbons (Fsp3) is 0.167. The van der Waals surface area contributed by atoms with Gasteiger partial charge < -0.3 is 5.32 Å². The molecular weight excluding hydrogens is 158 g/mol. The van der Waals surface area contributed by atoms with E-state index in [0.717, 1.165) is 6.54 Å². The van der Waals surface area contributed by atoms with Crippen LogP contribution in [0.2, 0.25) is 0 Å². The zero-order valence-corrected chi connectivity index (χ0v) is 7.74. The van der Waals surface area contributed by atoms with Crippen LogP contribution in [0.3, 0.4) is 0 Å². The van der Waals surface area contributed by atoms with Gasteiger partial charge in [0.2, 0.25) is 0 Å². The number of hydrogen-bond acceptors (Lipinski definition) is 1. The van der Waals surface area contributed by atoms with Crippen LogP contribution >= 0.6 is 0 Å². The highest BCUT2D eigenvalue weighted by molar-refractivity contribution is 5.22. The predicted octanol–water partition coefficient (Wildman–Crippen LogP) is 2.69. The standard InChI is InChI=1S/C12H15N/c1-3-10-13-12(4-2)11-8-6-5-7-9-11/h3-9,12-13H,1-2,10H2. The van der Waals surface area contributed by atoms with Crippen LogP contribution in [0.15, 0.2) is 55.6 Å². The lowest BCUT2D eigenvalue weighted by atomic mass is 10.1. The van der Waals surface area contributed by atoms with Crippen molar-refractivity contribution >= 4 is 0 Å². The summed E-state index contributed by atoms with van der Waals surface area (Å²) >= 11 is 0. The summed E-state index contributed by atoms with van der Waals surface area (Å²) in [4.78, 5) is 0. The second-order valence-corrected chi connectivity index (χ2v) is 2.82. The van der Waals surface area contributed by atoms with Crippen molar-refractivity contribution in [2.45, 2.75) is 6.04 Å². The molecule has 0 amide bonds. The van der Waals surface area contributed by atoms with Crippen molar-refractivity contribution in [3.05, 3.63) is 61.2 Å². The summed E-state index contributed by atoms with van der Waals surface area (Å²) in [6.45, 7) is 8.25. The van der Waals surface area contributed by atoms with E-state index in [1.54, 1.807) is 0 Å². The van der Waals surface area contributed by atoms with Crippen LogP contribution in [-0.4, -0.2) is 6.54 Å². The van der Waals surface area contributed by atoms with Crippen LogP contribution < -0.4 is 5.32 Å². The lowest BCUT2D eigenvalue weighted by Gasteiger charge is -2.13. The molecule has 0 heterocycles. The minimum absolute atomic E-state index is 0.221. The van der Waals surface area contributed by atoms with Crippen molar-refractivity contribution in [2.75, 3.05) is 6.54 Å². The molecule has 13 heavy (non-hydrogen) atoms. The third-order valence-corrected chi connectivity index (χ3v) is 1.88. The molecule has 0 saturated carbocycles. The van der Waals surface area contributed by atoms with Crippen LogP contribution in [-0.2, 0) is 0 Å². The average Bonchev–Trinajstić information content (AvgIpc) is 2.21. The van der Waals surface area contributed by atoms with Crippen molar-refractivity contribution in [3.8, 4) is 0 Å². The van der Waals surface area contributed by atoms with E-state index in [4.69, 9.17) is 0 Å². The van der Waals surface area contributed by atoms with Crippen molar-refractivity contribution in [1.29, 1.82) is 0 Å². The number of rotatable bonds is 5. The van der Waals surface area contributed by atoms with E-state index in [-0.39, 0.29) is 6.04 Å². The number of nitrogens with one attached hydrogen (secondary N) is 1. The summed E-state index contributed by atoms with van der Waals surface area (Å²) < 4.78 is 0. The molecule has 1 atom stereocenters. The predicted molar refractivity (Wildman–Crippen MR) is 57.6 cm³/mol. The summed E-state index contributed by atoms with van der Waals surface area (Å²) in [7, 11) is 0. The molecule has 1 unspecified atom stereocenters. The Morgan fingerprint density at radius 1 is 1.23 bits per heavy atom. The van der Waals surface area contributed by atoms with E-state index in [9.17, 15) is 0 Å². The fourth-order valence-electron chi connectivity index (χ4n) is 1.21. The first-order valence-corrected chi connectivity index (χ1v) is 4.40. The normalized spacial score (nSPS) is 12.0. The lowest BCUT2D eigenvalue weighted by molar-refractivity contribution is 0.674. The van der Waals surface area contributed by atoms with Gasteiger partial charge in [-0.2, -0.15) is 0 Å². The monoisotopic (exact) mass is 173 g/mol. The molecule has 1 nitrogen and oxygen atoms in total. The van der Waals surface area contributed by atoms with E-state index in [2.05, 4.69) is 30.6 Å². The maximum Gasteiger partial charge on any atom is 0.0506 e. The van der Waals surface area contributed by atoms with Gasteiger partial charge in [0.1, 0.15) is 0 Å². The quantitative estimate of drug-likeness (QED) is 0.675. The SMILES string of the molecule is C=CCNC(C=C)c1ccccc1. The van der Waals surface area contributed by atoms with E-state index in [1.165, 1.54) is 5.56 Å². The maximum absolute atomic E-state index is 3.79. The molecule has 1 N–H and O–H groups in total. The highest BCUT2D eigenvalue weighted by atomic mass is 14.9. The fourth-order valence-corrected chi connectivity index (χ4v) is 1.21. The molecule has 1 rings (SSSR count). The molecule has 0 aliphatic carbocycles. The first kappa shape index (κ1) is 9.75. The van der Waals surface area contributed by atoms with Gasteiger partial charge >= 0.3 is 0 Å². The Balaban J connectivity index is 2.66. The first-order valence-electron chi connectivity index (χ1n) is 4.40. The molecule has 68 valence electrons. The van der Waals surface area contributed by atoms with Gasteiger partial charge in [-0.3, -0.25) is 0 Å². The molecular formula is C12H15N. The van der Waals surface area contributed by atoms with Gasteiger partial charge in [0.15, 0.2) is 0 Å². The molecule has 0 saturated heterocycles. The van der Waals surface area contributed by atoms with Crippen molar-refractivity contribution < 1.29 is 0 Å².